The van der Waals surface area contributed by atoms with Crippen molar-refractivity contribution in [2.75, 3.05) is 13.2 Å². The SMILES string of the molecule is CCOC(=O)C[C@@H](NC(=O)[C@H](C)NC(=O)[C@@H](NC(=O)OCc1ccccc1)C(C)C)[C@H]1COC(C)(C)O1. The molecular weight excluding hydrogens is 482 g/mol. The van der Waals surface area contributed by atoms with E-state index in [9.17, 15) is 19.2 Å². The zero-order valence-corrected chi connectivity index (χ0v) is 22.4. The van der Waals surface area contributed by atoms with E-state index in [-0.39, 0.29) is 32.2 Å². The molecular formula is C26H39N3O8. The lowest BCUT2D eigenvalue weighted by atomic mass is 10.0. The van der Waals surface area contributed by atoms with Crippen LogP contribution in [0, 0.1) is 5.92 Å². The van der Waals surface area contributed by atoms with Gasteiger partial charge in [0.15, 0.2) is 5.79 Å². The highest BCUT2D eigenvalue weighted by molar-refractivity contribution is 5.91. The van der Waals surface area contributed by atoms with Gasteiger partial charge in [-0.15, -0.1) is 0 Å². The third-order valence-electron chi connectivity index (χ3n) is 5.69. The molecule has 1 aliphatic rings. The number of benzene rings is 1. The predicted octanol–water partition coefficient (Wildman–Crippen LogP) is 2.03. The van der Waals surface area contributed by atoms with Crippen LogP contribution in [-0.4, -0.2) is 67.1 Å². The van der Waals surface area contributed by atoms with Gasteiger partial charge in [0.2, 0.25) is 11.8 Å². The minimum Gasteiger partial charge on any atom is -0.466 e. The van der Waals surface area contributed by atoms with Crippen molar-refractivity contribution in [1.82, 2.24) is 16.0 Å². The lowest BCUT2D eigenvalue weighted by molar-refractivity contribution is -0.152. The molecule has 0 radical (unpaired) electrons. The summed E-state index contributed by atoms with van der Waals surface area (Å²) in [6.45, 7) is 10.7. The molecule has 0 aromatic heterocycles. The van der Waals surface area contributed by atoms with Gasteiger partial charge in [-0.1, -0.05) is 44.2 Å². The van der Waals surface area contributed by atoms with Crippen molar-refractivity contribution < 1.29 is 38.1 Å². The van der Waals surface area contributed by atoms with Crippen LogP contribution in [0.4, 0.5) is 4.79 Å². The fraction of sp³-hybridized carbons (Fsp3) is 0.615. The fourth-order valence-corrected chi connectivity index (χ4v) is 3.69. The van der Waals surface area contributed by atoms with Crippen molar-refractivity contribution in [2.45, 2.75) is 84.6 Å². The molecule has 0 bridgehead atoms. The van der Waals surface area contributed by atoms with Crippen LogP contribution in [0.2, 0.25) is 0 Å². The van der Waals surface area contributed by atoms with Gasteiger partial charge >= 0.3 is 12.1 Å². The Balaban J connectivity index is 1.95. The first kappa shape index (κ1) is 30.0. The number of esters is 1. The highest BCUT2D eigenvalue weighted by Crippen LogP contribution is 2.25. The van der Waals surface area contributed by atoms with E-state index < -0.39 is 53.9 Å². The number of hydrogen-bond acceptors (Lipinski definition) is 8. The van der Waals surface area contributed by atoms with Crippen LogP contribution >= 0.6 is 0 Å². The van der Waals surface area contributed by atoms with E-state index in [1.54, 1.807) is 34.6 Å². The van der Waals surface area contributed by atoms with Gasteiger partial charge in [-0.2, -0.15) is 0 Å². The molecule has 3 N–H and O–H groups in total. The molecule has 206 valence electrons. The maximum absolute atomic E-state index is 12.9. The van der Waals surface area contributed by atoms with Crippen LogP contribution in [0.5, 0.6) is 0 Å². The third-order valence-corrected chi connectivity index (χ3v) is 5.69. The molecule has 1 fully saturated rings. The number of nitrogens with one attached hydrogen (secondary N) is 3. The molecule has 1 heterocycles. The Morgan fingerprint density at radius 2 is 1.68 bits per heavy atom. The quantitative estimate of drug-likeness (QED) is 0.355. The molecule has 11 nitrogen and oxygen atoms in total. The molecule has 37 heavy (non-hydrogen) atoms. The van der Waals surface area contributed by atoms with Gasteiger partial charge in [-0.05, 0) is 39.2 Å². The summed E-state index contributed by atoms with van der Waals surface area (Å²) < 4.78 is 21.6. The van der Waals surface area contributed by atoms with Gasteiger partial charge in [0.25, 0.3) is 0 Å². The van der Waals surface area contributed by atoms with Crippen molar-refractivity contribution >= 4 is 23.9 Å². The highest BCUT2D eigenvalue weighted by Gasteiger charge is 2.39. The van der Waals surface area contributed by atoms with Crippen molar-refractivity contribution in [3.8, 4) is 0 Å². The Morgan fingerprint density at radius 3 is 2.24 bits per heavy atom. The summed E-state index contributed by atoms with van der Waals surface area (Å²) in [5.74, 6) is -2.69. The van der Waals surface area contributed by atoms with Crippen molar-refractivity contribution in [2.24, 2.45) is 5.92 Å². The Hall–Kier alpha value is -3.18. The van der Waals surface area contributed by atoms with Crippen LogP contribution in [-0.2, 0) is 39.9 Å². The van der Waals surface area contributed by atoms with Crippen molar-refractivity contribution in [3.05, 3.63) is 35.9 Å². The molecule has 1 aliphatic heterocycles. The number of carbonyl (C=O) groups is 4. The molecule has 1 saturated heterocycles. The lowest BCUT2D eigenvalue weighted by Crippen LogP contribution is -2.56. The highest BCUT2D eigenvalue weighted by atomic mass is 16.7. The number of amides is 3. The Labute approximate surface area is 217 Å². The first-order valence-corrected chi connectivity index (χ1v) is 12.5. The standard InChI is InChI=1S/C26H39N3O8/c1-7-34-21(30)13-19(20-15-36-26(5,6)37-20)28-23(31)17(4)27-24(32)22(16(2)3)29-25(33)35-14-18-11-9-8-10-12-18/h8-12,16-17,19-20,22H,7,13-15H2,1-6H3,(H,27,32)(H,28,31)(H,29,33)/t17-,19+,20+,22-/m0/s1. The molecule has 0 spiro atoms. The van der Waals surface area contributed by atoms with Gasteiger partial charge < -0.3 is 34.9 Å². The third kappa shape index (κ3) is 10.0. The van der Waals surface area contributed by atoms with Gasteiger partial charge in [0.1, 0.15) is 24.8 Å². The van der Waals surface area contributed by atoms with Crippen molar-refractivity contribution in [3.63, 3.8) is 0 Å². The number of alkyl carbamates (subject to hydrolysis) is 1. The fourth-order valence-electron chi connectivity index (χ4n) is 3.69. The maximum Gasteiger partial charge on any atom is 0.408 e. The summed E-state index contributed by atoms with van der Waals surface area (Å²) in [7, 11) is 0. The summed E-state index contributed by atoms with van der Waals surface area (Å²) in [6.07, 6.45) is -1.44. The zero-order chi connectivity index (χ0) is 27.6. The molecule has 11 heteroatoms. The molecule has 0 aliphatic carbocycles. The average molecular weight is 522 g/mol. The second-order valence-corrected chi connectivity index (χ2v) is 9.65. The first-order chi connectivity index (χ1) is 17.4. The number of carbonyl (C=O) groups excluding carboxylic acids is 4. The van der Waals surface area contributed by atoms with Gasteiger partial charge in [0, 0.05) is 0 Å². The predicted molar refractivity (Wildman–Crippen MR) is 134 cm³/mol. The minimum atomic E-state index is -0.962. The van der Waals surface area contributed by atoms with Crippen LogP contribution in [0.1, 0.15) is 53.5 Å². The van der Waals surface area contributed by atoms with E-state index in [0.29, 0.717) is 0 Å². The Kier molecular flexibility index (Phi) is 11.3. The number of ether oxygens (including phenoxy) is 4. The smallest absolute Gasteiger partial charge is 0.408 e. The minimum absolute atomic E-state index is 0.0591. The monoisotopic (exact) mass is 521 g/mol. The normalized spacial score (nSPS) is 18.8. The Bertz CT molecular complexity index is 922. The number of rotatable bonds is 12. The van der Waals surface area contributed by atoms with E-state index in [0.717, 1.165) is 5.56 Å². The summed E-state index contributed by atoms with van der Waals surface area (Å²) in [4.78, 5) is 50.3. The van der Waals surface area contributed by atoms with Crippen molar-refractivity contribution in [1.29, 1.82) is 0 Å². The molecule has 1 aromatic rings. The van der Waals surface area contributed by atoms with Gasteiger partial charge in [0.05, 0.1) is 25.7 Å². The second kappa shape index (κ2) is 13.9. The van der Waals surface area contributed by atoms with E-state index in [2.05, 4.69) is 16.0 Å². The molecule has 2 rings (SSSR count). The van der Waals surface area contributed by atoms with E-state index >= 15 is 0 Å². The summed E-state index contributed by atoms with van der Waals surface area (Å²) in [5, 5.41) is 7.95. The van der Waals surface area contributed by atoms with Crippen LogP contribution in [0.3, 0.4) is 0 Å². The summed E-state index contributed by atoms with van der Waals surface area (Å²) in [5.41, 5.74) is 0.811. The largest absolute Gasteiger partial charge is 0.466 e. The first-order valence-electron chi connectivity index (χ1n) is 12.5. The van der Waals surface area contributed by atoms with Gasteiger partial charge in [-0.25, -0.2) is 4.79 Å². The summed E-state index contributed by atoms with van der Waals surface area (Å²) >= 11 is 0. The van der Waals surface area contributed by atoms with Crippen LogP contribution in [0.25, 0.3) is 0 Å². The average Bonchev–Trinajstić information content (AvgIpc) is 3.20. The zero-order valence-electron chi connectivity index (χ0n) is 22.4. The van der Waals surface area contributed by atoms with E-state index in [1.807, 2.05) is 30.3 Å². The molecule has 0 unspecified atom stereocenters. The van der Waals surface area contributed by atoms with Crippen LogP contribution < -0.4 is 16.0 Å². The Morgan fingerprint density at radius 1 is 1.00 bits per heavy atom. The van der Waals surface area contributed by atoms with E-state index in [4.69, 9.17) is 18.9 Å². The molecule has 1 aromatic carbocycles. The van der Waals surface area contributed by atoms with Crippen LogP contribution in [0.15, 0.2) is 30.3 Å². The lowest BCUT2D eigenvalue weighted by Gasteiger charge is -2.27. The molecule has 0 saturated carbocycles. The summed E-state index contributed by atoms with van der Waals surface area (Å²) in [6, 6.07) is 6.54. The second-order valence-electron chi connectivity index (χ2n) is 9.65. The maximum atomic E-state index is 12.9. The topological polar surface area (TPSA) is 141 Å². The van der Waals surface area contributed by atoms with E-state index in [1.165, 1.54) is 6.92 Å². The van der Waals surface area contributed by atoms with Gasteiger partial charge in [-0.3, -0.25) is 14.4 Å². The number of hydrogen-bond donors (Lipinski definition) is 3. The molecule has 4 atom stereocenters. The molecule has 3 amide bonds.